The number of nitrogens with one attached hydrogen (secondary N) is 2. The van der Waals surface area contributed by atoms with Gasteiger partial charge in [-0.05, 0) is 41.4 Å². The summed E-state index contributed by atoms with van der Waals surface area (Å²) in [5.41, 5.74) is 0.549. The summed E-state index contributed by atoms with van der Waals surface area (Å²) >= 11 is 3.18. The van der Waals surface area contributed by atoms with E-state index in [-0.39, 0.29) is 5.91 Å². The maximum atomic E-state index is 11.7. The van der Waals surface area contributed by atoms with Crippen LogP contribution in [0.1, 0.15) is 23.2 Å². The molecule has 1 saturated heterocycles. The second-order valence-corrected chi connectivity index (χ2v) is 4.33. The molecule has 1 atom stereocenters. The summed E-state index contributed by atoms with van der Waals surface area (Å²) in [5.74, 6) is -0.0932. The third-order valence-corrected chi connectivity index (χ3v) is 3.15. The largest absolute Gasteiger partial charge is 0.457 e. The monoisotopic (exact) mass is 272 g/mol. The van der Waals surface area contributed by atoms with Gasteiger partial charge in [0.05, 0.1) is 11.8 Å². The number of furan rings is 1. The zero-order chi connectivity index (χ0) is 10.7. The van der Waals surface area contributed by atoms with Gasteiger partial charge in [-0.25, -0.2) is 0 Å². The van der Waals surface area contributed by atoms with Gasteiger partial charge >= 0.3 is 0 Å². The first-order valence-electron chi connectivity index (χ1n) is 5.02. The standard InChI is InChI=1S/C10H13BrN2O2/c11-9-8(3-5-15-9)10(14)13-6-7-2-1-4-12-7/h3,5,7,12H,1-2,4,6H2,(H,13,14). The fraction of sp³-hybridized carbons (Fsp3) is 0.500. The molecule has 0 aliphatic carbocycles. The van der Waals surface area contributed by atoms with E-state index in [1.807, 2.05) is 0 Å². The van der Waals surface area contributed by atoms with Gasteiger partial charge in [0, 0.05) is 12.6 Å². The molecule has 1 aromatic rings. The third kappa shape index (κ3) is 2.60. The molecule has 82 valence electrons. The first-order valence-corrected chi connectivity index (χ1v) is 5.81. The van der Waals surface area contributed by atoms with Crippen LogP contribution >= 0.6 is 15.9 Å². The summed E-state index contributed by atoms with van der Waals surface area (Å²) in [6.07, 6.45) is 3.82. The Hall–Kier alpha value is -0.810. The second-order valence-electron chi connectivity index (χ2n) is 3.61. The van der Waals surface area contributed by atoms with Crippen molar-refractivity contribution in [3.8, 4) is 0 Å². The van der Waals surface area contributed by atoms with E-state index in [1.54, 1.807) is 6.07 Å². The maximum absolute atomic E-state index is 11.7. The van der Waals surface area contributed by atoms with E-state index in [2.05, 4.69) is 26.6 Å². The molecule has 2 rings (SSSR count). The van der Waals surface area contributed by atoms with Crippen LogP contribution in [-0.2, 0) is 0 Å². The lowest BCUT2D eigenvalue weighted by molar-refractivity contribution is 0.0948. The zero-order valence-corrected chi connectivity index (χ0v) is 9.84. The first-order chi connectivity index (χ1) is 7.27. The fourth-order valence-electron chi connectivity index (χ4n) is 1.70. The van der Waals surface area contributed by atoms with Crippen LogP contribution in [0.25, 0.3) is 0 Å². The van der Waals surface area contributed by atoms with Gasteiger partial charge in [0.15, 0.2) is 4.67 Å². The Balaban J connectivity index is 1.84. The Kier molecular flexibility index (Phi) is 3.43. The second kappa shape index (κ2) is 4.81. The van der Waals surface area contributed by atoms with E-state index in [0.29, 0.717) is 22.8 Å². The zero-order valence-electron chi connectivity index (χ0n) is 8.25. The van der Waals surface area contributed by atoms with Crippen molar-refractivity contribution in [3.63, 3.8) is 0 Å². The molecule has 0 aromatic carbocycles. The molecular formula is C10H13BrN2O2. The molecule has 0 spiro atoms. The highest BCUT2D eigenvalue weighted by molar-refractivity contribution is 9.10. The molecule has 1 aliphatic rings. The van der Waals surface area contributed by atoms with E-state index in [0.717, 1.165) is 13.0 Å². The number of carbonyl (C=O) groups excluding carboxylic acids is 1. The summed E-state index contributed by atoms with van der Waals surface area (Å²) in [6.45, 7) is 1.73. The molecule has 0 radical (unpaired) electrons. The highest BCUT2D eigenvalue weighted by atomic mass is 79.9. The fourth-order valence-corrected chi connectivity index (χ4v) is 2.12. The van der Waals surface area contributed by atoms with Gasteiger partial charge in [0.2, 0.25) is 0 Å². The molecule has 1 unspecified atom stereocenters. The number of hydrogen-bond acceptors (Lipinski definition) is 3. The van der Waals surface area contributed by atoms with Crippen molar-refractivity contribution in [2.75, 3.05) is 13.1 Å². The van der Waals surface area contributed by atoms with Crippen molar-refractivity contribution in [2.24, 2.45) is 0 Å². The summed E-state index contributed by atoms with van der Waals surface area (Å²) in [5, 5.41) is 6.20. The Morgan fingerprint density at radius 1 is 1.73 bits per heavy atom. The van der Waals surface area contributed by atoms with Gasteiger partial charge in [-0.2, -0.15) is 0 Å². The van der Waals surface area contributed by atoms with Crippen molar-refractivity contribution in [2.45, 2.75) is 18.9 Å². The highest BCUT2D eigenvalue weighted by Crippen LogP contribution is 2.17. The van der Waals surface area contributed by atoms with E-state index >= 15 is 0 Å². The quantitative estimate of drug-likeness (QED) is 0.878. The molecular weight excluding hydrogens is 260 g/mol. The van der Waals surface area contributed by atoms with Crippen molar-refractivity contribution >= 4 is 21.8 Å². The summed E-state index contributed by atoms with van der Waals surface area (Å²) < 4.78 is 5.48. The van der Waals surface area contributed by atoms with Gasteiger partial charge in [-0.3, -0.25) is 4.79 Å². The lowest BCUT2D eigenvalue weighted by Gasteiger charge is -2.10. The summed E-state index contributed by atoms with van der Waals surface area (Å²) in [6, 6.07) is 2.07. The minimum Gasteiger partial charge on any atom is -0.457 e. The molecule has 4 nitrogen and oxygen atoms in total. The topological polar surface area (TPSA) is 54.3 Å². The van der Waals surface area contributed by atoms with Crippen LogP contribution < -0.4 is 10.6 Å². The Morgan fingerprint density at radius 2 is 2.60 bits per heavy atom. The summed E-state index contributed by atoms with van der Waals surface area (Å²) in [4.78, 5) is 11.7. The molecule has 1 amide bonds. The van der Waals surface area contributed by atoms with Gasteiger partial charge < -0.3 is 15.1 Å². The average Bonchev–Trinajstić information content (AvgIpc) is 2.84. The predicted molar refractivity (Wildman–Crippen MR) is 59.8 cm³/mol. The first kappa shape index (κ1) is 10.7. The van der Waals surface area contributed by atoms with E-state index in [1.165, 1.54) is 12.7 Å². The van der Waals surface area contributed by atoms with Crippen LogP contribution in [0.2, 0.25) is 0 Å². The highest BCUT2D eigenvalue weighted by Gasteiger charge is 2.17. The Morgan fingerprint density at radius 3 is 3.20 bits per heavy atom. The van der Waals surface area contributed by atoms with Gasteiger partial charge in [0.1, 0.15) is 0 Å². The lowest BCUT2D eigenvalue weighted by atomic mass is 10.2. The van der Waals surface area contributed by atoms with Crippen LogP contribution in [-0.4, -0.2) is 25.0 Å². The number of carbonyl (C=O) groups is 1. The maximum Gasteiger partial charge on any atom is 0.255 e. The number of halogens is 1. The predicted octanol–water partition coefficient (Wildman–Crippen LogP) is 1.52. The van der Waals surface area contributed by atoms with E-state index in [9.17, 15) is 4.79 Å². The molecule has 0 saturated carbocycles. The van der Waals surface area contributed by atoms with Crippen LogP contribution in [0, 0.1) is 0 Å². The molecule has 1 fully saturated rings. The van der Waals surface area contributed by atoms with Crippen molar-refractivity contribution < 1.29 is 9.21 Å². The molecule has 1 aromatic heterocycles. The Labute approximate surface area is 96.5 Å². The molecule has 2 heterocycles. The van der Waals surface area contributed by atoms with Gasteiger partial charge in [-0.1, -0.05) is 0 Å². The van der Waals surface area contributed by atoms with Crippen molar-refractivity contribution in [3.05, 3.63) is 22.6 Å². The van der Waals surface area contributed by atoms with Crippen LogP contribution in [0.4, 0.5) is 0 Å². The Bertz CT molecular complexity index is 345. The molecule has 2 N–H and O–H groups in total. The van der Waals surface area contributed by atoms with Crippen molar-refractivity contribution in [1.82, 2.24) is 10.6 Å². The van der Waals surface area contributed by atoms with Crippen molar-refractivity contribution in [1.29, 1.82) is 0 Å². The smallest absolute Gasteiger partial charge is 0.255 e. The normalized spacial score (nSPS) is 20.5. The van der Waals surface area contributed by atoms with Crippen LogP contribution in [0.15, 0.2) is 21.4 Å². The third-order valence-electron chi connectivity index (χ3n) is 2.53. The summed E-state index contributed by atoms with van der Waals surface area (Å²) in [7, 11) is 0. The SMILES string of the molecule is O=C(NCC1CCCN1)c1ccoc1Br. The minimum absolute atomic E-state index is 0.0932. The van der Waals surface area contributed by atoms with E-state index in [4.69, 9.17) is 4.42 Å². The number of amides is 1. The molecule has 0 bridgehead atoms. The van der Waals surface area contributed by atoms with Gasteiger partial charge in [0.25, 0.3) is 5.91 Å². The number of hydrogen-bond donors (Lipinski definition) is 2. The van der Waals surface area contributed by atoms with Gasteiger partial charge in [-0.15, -0.1) is 0 Å². The molecule has 1 aliphatic heterocycles. The van der Waals surface area contributed by atoms with E-state index < -0.39 is 0 Å². The molecule has 15 heavy (non-hydrogen) atoms. The average molecular weight is 273 g/mol. The molecule has 5 heteroatoms. The minimum atomic E-state index is -0.0932. The number of rotatable bonds is 3. The van der Waals surface area contributed by atoms with Crippen LogP contribution in [0.5, 0.6) is 0 Å². The lowest BCUT2D eigenvalue weighted by Crippen LogP contribution is -2.37. The van der Waals surface area contributed by atoms with Crippen LogP contribution in [0.3, 0.4) is 0 Å².